The molecular formula is C46H35BN2O. The maximum Gasteiger partial charge on any atom is 0.333 e. The molecule has 0 amide bonds. The lowest BCUT2D eigenvalue weighted by molar-refractivity contribution is 0.590. The van der Waals surface area contributed by atoms with Crippen LogP contribution in [0, 0.1) is 0 Å². The second-order valence-electron chi connectivity index (χ2n) is 14.5. The monoisotopic (exact) mass is 642 g/mol. The largest absolute Gasteiger partial charge is 0.454 e. The number of benzene rings is 7. The van der Waals surface area contributed by atoms with Gasteiger partial charge in [-0.1, -0.05) is 136 Å². The van der Waals surface area contributed by atoms with Gasteiger partial charge in [0, 0.05) is 44.6 Å². The van der Waals surface area contributed by atoms with E-state index in [2.05, 4.69) is 188 Å². The summed E-state index contributed by atoms with van der Waals surface area (Å²) in [6.45, 7) is 6.80. The van der Waals surface area contributed by atoms with Crippen molar-refractivity contribution in [1.82, 2.24) is 0 Å². The van der Waals surface area contributed by atoms with Gasteiger partial charge in [-0.2, -0.15) is 0 Å². The standard InChI is InChI=1S/C46H35BN2O/c1-46(2,3)31-24-26-32(27-25-31)49-39-20-10-7-16-34(39)36-18-13-22-41-43(36)47(49)38-19-9-11-21-40(38)48(41)44-33(30-14-5-4-6-15-30)28-29-37-35-17-8-12-23-42(35)50-45(37)44/h4-29H,1-3H3. The number of rotatable bonds is 3. The molecule has 3 nitrogen and oxygen atoms in total. The van der Waals surface area contributed by atoms with Crippen LogP contribution in [0.4, 0.5) is 28.4 Å². The van der Waals surface area contributed by atoms with E-state index < -0.39 is 0 Å². The zero-order chi connectivity index (χ0) is 33.6. The number of para-hydroxylation sites is 3. The minimum atomic E-state index is -0.0286. The summed E-state index contributed by atoms with van der Waals surface area (Å²) in [6.07, 6.45) is 0. The fourth-order valence-corrected chi connectivity index (χ4v) is 8.30. The van der Waals surface area contributed by atoms with Crippen LogP contribution in [0.25, 0.3) is 44.2 Å². The topological polar surface area (TPSA) is 19.6 Å². The van der Waals surface area contributed by atoms with Crippen LogP contribution in [0.1, 0.15) is 26.3 Å². The molecule has 50 heavy (non-hydrogen) atoms. The lowest BCUT2D eigenvalue weighted by Gasteiger charge is -2.45. The third-order valence-corrected chi connectivity index (χ3v) is 10.6. The number of hydrogen-bond acceptors (Lipinski definition) is 3. The Morgan fingerprint density at radius 1 is 0.520 bits per heavy atom. The number of fused-ring (bicyclic) bond motifs is 7. The van der Waals surface area contributed by atoms with Gasteiger partial charge in [-0.15, -0.1) is 0 Å². The van der Waals surface area contributed by atoms with E-state index in [0.29, 0.717) is 0 Å². The Balaban J connectivity index is 1.30. The summed E-state index contributed by atoms with van der Waals surface area (Å²) in [4.78, 5) is 5.04. The Kier molecular flexibility index (Phi) is 6.23. The lowest BCUT2D eigenvalue weighted by atomic mass is 9.43. The highest BCUT2D eigenvalue weighted by molar-refractivity contribution is 6.93. The van der Waals surface area contributed by atoms with Gasteiger partial charge < -0.3 is 14.1 Å². The zero-order valence-electron chi connectivity index (χ0n) is 28.4. The van der Waals surface area contributed by atoms with Crippen molar-refractivity contribution < 1.29 is 4.42 Å². The van der Waals surface area contributed by atoms with Gasteiger partial charge in [-0.25, -0.2) is 0 Å². The molecule has 0 atom stereocenters. The van der Waals surface area contributed by atoms with Crippen molar-refractivity contribution in [3.8, 4) is 22.3 Å². The van der Waals surface area contributed by atoms with Crippen LogP contribution < -0.4 is 20.6 Å². The molecule has 4 heteroatoms. The van der Waals surface area contributed by atoms with Crippen LogP contribution >= 0.6 is 0 Å². The Morgan fingerprint density at radius 2 is 1.20 bits per heavy atom. The molecule has 0 aliphatic carbocycles. The van der Waals surface area contributed by atoms with Gasteiger partial charge in [-0.3, -0.25) is 0 Å². The van der Waals surface area contributed by atoms with Gasteiger partial charge in [0.2, 0.25) is 0 Å². The molecule has 0 saturated carbocycles. The Labute approximate surface area is 293 Å². The first-order valence-corrected chi connectivity index (χ1v) is 17.5. The van der Waals surface area contributed by atoms with Crippen LogP contribution in [-0.4, -0.2) is 6.85 Å². The van der Waals surface area contributed by atoms with Crippen molar-refractivity contribution in [2.75, 3.05) is 9.71 Å². The van der Waals surface area contributed by atoms with E-state index in [1.165, 1.54) is 44.7 Å². The van der Waals surface area contributed by atoms with Crippen LogP contribution in [-0.2, 0) is 5.41 Å². The predicted molar refractivity (Wildman–Crippen MR) is 212 cm³/mol. The third kappa shape index (κ3) is 4.18. The van der Waals surface area contributed by atoms with E-state index >= 15 is 0 Å². The summed E-state index contributed by atoms with van der Waals surface area (Å²) in [7, 11) is 0. The van der Waals surface area contributed by atoms with Crippen LogP contribution in [0.3, 0.4) is 0 Å². The molecule has 2 aliphatic rings. The van der Waals surface area contributed by atoms with Gasteiger partial charge in [-0.05, 0) is 75.5 Å². The summed E-state index contributed by atoms with van der Waals surface area (Å²) >= 11 is 0. The van der Waals surface area contributed by atoms with Gasteiger partial charge in [0.15, 0.2) is 5.58 Å². The molecule has 0 spiro atoms. The predicted octanol–water partition coefficient (Wildman–Crippen LogP) is 11.3. The summed E-state index contributed by atoms with van der Waals surface area (Å²) in [5.74, 6) is 0. The first-order valence-electron chi connectivity index (χ1n) is 17.5. The van der Waals surface area contributed by atoms with Gasteiger partial charge in [0.05, 0.1) is 5.69 Å². The SMILES string of the molecule is CC(C)(C)c1ccc(N2B3c4ccccc4N(c4c(-c5ccccc5)ccc5c4oc4ccccc45)c4cccc(c43)-c3ccccc32)cc1. The lowest BCUT2D eigenvalue weighted by Crippen LogP contribution is -2.61. The zero-order valence-corrected chi connectivity index (χ0v) is 28.4. The molecule has 2 aliphatic heterocycles. The van der Waals surface area contributed by atoms with E-state index in [9.17, 15) is 0 Å². The molecule has 8 aromatic rings. The summed E-state index contributed by atoms with van der Waals surface area (Å²) in [5.41, 5.74) is 16.3. The van der Waals surface area contributed by atoms with E-state index in [1.54, 1.807) is 0 Å². The van der Waals surface area contributed by atoms with Crippen LogP contribution in [0.5, 0.6) is 0 Å². The van der Waals surface area contributed by atoms with Crippen molar-refractivity contribution in [2.24, 2.45) is 0 Å². The Bertz CT molecular complexity index is 2600. The molecule has 0 saturated heterocycles. The molecule has 3 heterocycles. The maximum atomic E-state index is 6.86. The van der Waals surface area contributed by atoms with Crippen molar-refractivity contribution in [3.05, 3.63) is 163 Å². The highest BCUT2D eigenvalue weighted by Crippen LogP contribution is 2.51. The fourth-order valence-electron chi connectivity index (χ4n) is 8.30. The summed E-state index contributed by atoms with van der Waals surface area (Å²) in [6, 6.07) is 57.5. The van der Waals surface area contributed by atoms with Gasteiger partial charge in [0.1, 0.15) is 5.58 Å². The number of hydrogen-bond donors (Lipinski definition) is 0. The summed E-state index contributed by atoms with van der Waals surface area (Å²) < 4.78 is 6.86. The number of anilines is 5. The first-order chi connectivity index (χ1) is 24.5. The minimum Gasteiger partial charge on any atom is -0.454 e. The van der Waals surface area contributed by atoms with E-state index in [0.717, 1.165) is 44.4 Å². The maximum absolute atomic E-state index is 6.86. The van der Waals surface area contributed by atoms with Crippen molar-refractivity contribution in [2.45, 2.75) is 26.2 Å². The number of furan rings is 1. The van der Waals surface area contributed by atoms with E-state index in [-0.39, 0.29) is 12.3 Å². The molecule has 0 radical (unpaired) electrons. The Morgan fingerprint density at radius 3 is 2.02 bits per heavy atom. The summed E-state index contributed by atoms with van der Waals surface area (Å²) in [5, 5.41) is 2.24. The van der Waals surface area contributed by atoms with Crippen LogP contribution in [0.2, 0.25) is 0 Å². The average Bonchev–Trinajstić information content (AvgIpc) is 3.54. The normalized spacial score (nSPS) is 13.4. The molecule has 7 aromatic carbocycles. The molecule has 0 unspecified atom stereocenters. The van der Waals surface area contributed by atoms with Crippen LogP contribution in [0.15, 0.2) is 162 Å². The molecule has 0 fully saturated rings. The number of nitrogens with zero attached hydrogens (tertiary/aromatic N) is 2. The van der Waals surface area contributed by atoms with Crippen molar-refractivity contribution in [3.63, 3.8) is 0 Å². The van der Waals surface area contributed by atoms with Crippen molar-refractivity contribution in [1.29, 1.82) is 0 Å². The molecular weight excluding hydrogens is 607 g/mol. The molecule has 0 bridgehead atoms. The average molecular weight is 643 g/mol. The smallest absolute Gasteiger partial charge is 0.333 e. The second kappa shape index (κ2) is 10.8. The highest BCUT2D eigenvalue weighted by Gasteiger charge is 2.45. The fraction of sp³-hybridized carbons (Fsp3) is 0.0870. The first kappa shape index (κ1) is 29.0. The highest BCUT2D eigenvalue weighted by atomic mass is 16.3. The molecule has 10 rings (SSSR count). The van der Waals surface area contributed by atoms with E-state index in [1.807, 2.05) is 0 Å². The molecule has 238 valence electrons. The van der Waals surface area contributed by atoms with Crippen molar-refractivity contribution >= 4 is 68.1 Å². The second-order valence-corrected chi connectivity index (χ2v) is 14.5. The molecule has 1 aromatic heterocycles. The van der Waals surface area contributed by atoms with Gasteiger partial charge >= 0.3 is 6.85 Å². The Hall–Kier alpha value is -6.00. The minimum absolute atomic E-state index is 0.0286. The molecule has 0 N–H and O–H groups in total. The van der Waals surface area contributed by atoms with Gasteiger partial charge in [0.25, 0.3) is 0 Å². The van der Waals surface area contributed by atoms with E-state index in [4.69, 9.17) is 4.42 Å². The third-order valence-electron chi connectivity index (χ3n) is 10.6. The quantitative estimate of drug-likeness (QED) is 0.179.